The second-order valence-corrected chi connectivity index (χ2v) is 5.53. The van der Waals surface area contributed by atoms with Gasteiger partial charge in [-0.1, -0.05) is 6.07 Å². The molecule has 0 spiro atoms. The molecule has 8 nitrogen and oxygen atoms in total. The maximum Gasteiger partial charge on any atom is 0.315 e. The summed E-state index contributed by atoms with van der Waals surface area (Å²) < 4.78 is 1.89. The van der Waals surface area contributed by atoms with Crippen molar-refractivity contribution in [1.82, 2.24) is 30.5 Å². The Morgan fingerprint density at radius 3 is 3.17 bits per heavy atom. The first-order chi connectivity index (χ1) is 11.2. The van der Waals surface area contributed by atoms with Gasteiger partial charge in [0.15, 0.2) is 5.65 Å². The minimum atomic E-state index is -0.452. The fourth-order valence-electron chi connectivity index (χ4n) is 2.64. The Balaban J connectivity index is 1.48. The number of nitrogens with one attached hydrogen (secondary N) is 3. The monoisotopic (exact) mass is 316 g/mol. The molecule has 3 rings (SSSR count). The van der Waals surface area contributed by atoms with E-state index in [0.29, 0.717) is 25.9 Å². The van der Waals surface area contributed by atoms with Gasteiger partial charge in [-0.05, 0) is 31.4 Å². The lowest BCUT2D eigenvalue weighted by Crippen LogP contribution is -2.49. The molecule has 1 aliphatic rings. The van der Waals surface area contributed by atoms with E-state index in [4.69, 9.17) is 0 Å². The van der Waals surface area contributed by atoms with Gasteiger partial charge in [0.05, 0.1) is 0 Å². The molecule has 0 aromatic carbocycles. The Bertz CT molecular complexity index is 698. The molecule has 8 heteroatoms. The van der Waals surface area contributed by atoms with Crippen molar-refractivity contribution in [2.75, 3.05) is 13.1 Å². The summed E-state index contributed by atoms with van der Waals surface area (Å²) in [6.07, 6.45) is 5.01. The second kappa shape index (κ2) is 7.08. The minimum Gasteiger partial charge on any atom is -0.354 e. The van der Waals surface area contributed by atoms with Crippen LogP contribution in [0.4, 0.5) is 4.79 Å². The summed E-state index contributed by atoms with van der Waals surface area (Å²) in [5, 5.41) is 16.5. The van der Waals surface area contributed by atoms with Gasteiger partial charge in [0.25, 0.3) is 0 Å². The summed E-state index contributed by atoms with van der Waals surface area (Å²) in [5.41, 5.74) is 0.780. The normalized spacial score (nSPS) is 18.3. The van der Waals surface area contributed by atoms with Crippen LogP contribution in [0.3, 0.4) is 0 Å². The van der Waals surface area contributed by atoms with Crippen molar-refractivity contribution in [2.24, 2.45) is 0 Å². The van der Waals surface area contributed by atoms with Gasteiger partial charge < -0.3 is 16.0 Å². The SMILES string of the molecule is O=C(NCCc1nnc2ccccn12)N[C@@H]1CCCCNC1=O. The zero-order valence-corrected chi connectivity index (χ0v) is 12.8. The van der Waals surface area contributed by atoms with Crippen LogP contribution in [0.25, 0.3) is 5.65 Å². The number of aromatic nitrogens is 3. The maximum absolute atomic E-state index is 11.9. The van der Waals surface area contributed by atoms with E-state index >= 15 is 0 Å². The van der Waals surface area contributed by atoms with Crippen LogP contribution in [-0.2, 0) is 11.2 Å². The molecule has 1 saturated heterocycles. The Hall–Kier alpha value is -2.64. The van der Waals surface area contributed by atoms with Crippen molar-refractivity contribution >= 4 is 17.6 Å². The predicted molar refractivity (Wildman–Crippen MR) is 83.9 cm³/mol. The average molecular weight is 316 g/mol. The summed E-state index contributed by atoms with van der Waals surface area (Å²) in [5.74, 6) is 0.675. The van der Waals surface area contributed by atoms with E-state index in [1.54, 1.807) is 0 Å². The lowest BCUT2D eigenvalue weighted by Gasteiger charge is -2.15. The van der Waals surface area contributed by atoms with E-state index in [1.807, 2.05) is 28.8 Å². The Kier molecular flexibility index (Phi) is 4.70. The van der Waals surface area contributed by atoms with Crippen LogP contribution in [0.1, 0.15) is 25.1 Å². The first kappa shape index (κ1) is 15.3. The number of fused-ring (bicyclic) bond motifs is 1. The molecule has 2 aromatic rings. The summed E-state index contributed by atoms with van der Waals surface area (Å²) in [6, 6.07) is 4.90. The number of urea groups is 1. The van der Waals surface area contributed by atoms with E-state index in [0.717, 1.165) is 24.3 Å². The minimum absolute atomic E-state index is 0.110. The molecule has 1 atom stereocenters. The van der Waals surface area contributed by atoms with Gasteiger partial charge in [0, 0.05) is 25.7 Å². The number of nitrogens with zero attached hydrogens (tertiary/aromatic N) is 3. The lowest BCUT2D eigenvalue weighted by atomic mass is 10.1. The van der Waals surface area contributed by atoms with Crippen molar-refractivity contribution in [3.63, 3.8) is 0 Å². The van der Waals surface area contributed by atoms with Crippen LogP contribution in [-0.4, -0.2) is 45.7 Å². The van der Waals surface area contributed by atoms with Crippen molar-refractivity contribution in [2.45, 2.75) is 31.7 Å². The predicted octanol–water partition coefficient (Wildman–Crippen LogP) is 0.240. The van der Waals surface area contributed by atoms with E-state index in [2.05, 4.69) is 26.1 Å². The Morgan fingerprint density at radius 2 is 2.26 bits per heavy atom. The van der Waals surface area contributed by atoms with E-state index in [1.165, 1.54) is 0 Å². The fraction of sp³-hybridized carbons (Fsp3) is 0.467. The fourth-order valence-corrected chi connectivity index (χ4v) is 2.64. The molecule has 0 saturated carbocycles. The summed E-state index contributed by atoms with van der Waals surface area (Å²) >= 11 is 0. The molecule has 1 aliphatic heterocycles. The van der Waals surface area contributed by atoms with Gasteiger partial charge in [0.1, 0.15) is 11.9 Å². The van der Waals surface area contributed by atoms with Gasteiger partial charge in [-0.2, -0.15) is 0 Å². The average Bonchev–Trinajstić information content (AvgIpc) is 2.86. The Morgan fingerprint density at radius 1 is 1.35 bits per heavy atom. The van der Waals surface area contributed by atoms with Gasteiger partial charge in [0.2, 0.25) is 5.91 Å². The maximum atomic E-state index is 11.9. The van der Waals surface area contributed by atoms with Crippen LogP contribution in [0, 0.1) is 0 Å². The molecule has 0 aliphatic carbocycles. The van der Waals surface area contributed by atoms with Crippen molar-refractivity contribution in [1.29, 1.82) is 0 Å². The molecule has 3 N–H and O–H groups in total. The van der Waals surface area contributed by atoms with E-state index in [9.17, 15) is 9.59 Å². The third-order valence-electron chi connectivity index (χ3n) is 3.86. The number of pyridine rings is 1. The number of hydrogen-bond acceptors (Lipinski definition) is 4. The number of hydrogen-bond donors (Lipinski definition) is 3. The lowest BCUT2D eigenvalue weighted by molar-refractivity contribution is -0.122. The summed E-state index contributed by atoms with van der Waals surface area (Å²) in [4.78, 5) is 23.7. The van der Waals surface area contributed by atoms with Crippen LogP contribution in [0.15, 0.2) is 24.4 Å². The molecular weight excluding hydrogens is 296 g/mol. The van der Waals surface area contributed by atoms with Crippen LogP contribution in [0.2, 0.25) is 0 Å². The first-order valence-corrected chi connectivity index (χ1v) is 7.85. The Labute approximate surface area is 133 Å². The third-order valence-corrected chi connectivity index (χ3v) is 3.86. The van der Waals surface area contributed by atoms with Crippen LogP contribution < -0.4 is 16.0 Å². The summed E-state index contributed by atoms with van der Waals surface area (Å²) in [7, 11) is 0. The highest BCUT2D eigenvalue weighted by Crippen LogP contribution is 2.05. The van der Waals surface area contributed by atoms with Gasteiger partial charge in [-0.25, -0.2) is 4.79 Å². The second-order valence-electron chi connectivity index (χ2n) is 5.53. The molecule has 1 fully saturated rings. The molecule has 0 unspecified atom stereocenters. The highest BCUT2D eigenvalue weighted by molar-refractivity contribution is 5.87. The van der Waals surface area contributed by atoms with Crippen LogP contribution >= 0.6 is 0 Å². The molecule has 2 aromatic heterocycles. The van der Waals surface area contributed by atoms with Gasteiger partial charge in [-0.15, -0.1) is 10.2 Å². The summed E-state index contributed by atoms with van der Waals surface area (Å²) in [6.45, 7) is 1.11. The number of carbonyl (C=O) groups is 2. The number of carbonyl (C=O) groups excluding carboxylic acids is 2. The molecule has 122 valence electrons. The zero-order chi connectivity index (χ0) is 16.1. The largest absolute Gasteiger partial charge is 0.354 e. The third kappa shape index (κ3) is 3.77. The van der Waals surface area contributed by atoms with E-state index < -0.39 is 6.04 Å². The zero-order valence-electron chi connectivity index (χ0n) is 12.8. The topological polar surface area (TPSA) is 100 Å². The molecule has 23 heavy (non-hydrogen) atoms. The highest BCUT2D eigenvalue weighted by Gasteiger charge is 2.22. The number of amides is 3. The van der Waals surface area contributed by atoms with Gasteiger partial charge in [-0.3, -0.25) is 9.20 Å². The molecule has 3 amide bonds. The number of rotatable bonds is 4. The molecule has 0 bridgehead atoms. The first-order valence-electron chi connectivity index (χ1n) is 7.85. The van der Waals surface area contributed by atoms with Gasteiger partial charge >= 0.3 is 6.03 Å². The van der Waals surface area contributed by atoms with Crippen molar-refractivity contribution < 1.29 is 9.59 Å². The van der Waals surface area contributed by atoms with Crippen molar-refractivity contribution in [3.05, 3.63) is 30.2 Å². The molecular formula is C15H20N6O2. The standard InChI is InChI=1S/C15H20N6O2/c22-14-11(5-1-3-8-16-14)18-15(23)17-9-7-13-20-19-12-6-2-4-10-21(12)13/h2,4,6,10-11H,1,3,5,7-9H2,(H,16,22)(H2,17,18,23)/t11-/m1/s1. The molecule has 0 radical (unpaired) electrons. The van der Waals surface area contributed by atoms with Crippen LogP contribution in [0.5, 0.6) is 0 Å². The van der Waals surface area contributed by atoms with Crippen molar-refractivity contribution in [3.8, 4) is 0 Å². The highest BCUT2D eigenvalue weighted by atomic mass is 16.2. The smallest absolute Gasteiger partial charge is 0.315 e. The van der Waals surface area contributed by atoms with E-state index in [-0.39, 0.29) is 11.9 Å². The quantitative estimate of drug-likeness (QED) is 0.752. The molecule has 3 heterocycles.